The minimum atomic E-state index is 0.534. The molecule has 72 valence electrons. The largest absolute Gasteiger partial charge is 0.235 e. The lowest BCUT2D eigenvalue weighted by Crippen LogP contribution is -1.75. The predicted molar refractivity (Wildman–Crippen MR) is 67.5 cm³/mol. The lowest BCUT2D eigenvalue weighted by atomic mass is 10.3. The SMILES string of the molecule is C=C(CBr)c1cc2nc(Cl)ccc2s1. The maximum absolute atomic E-state index is 5.80. The normalized spacial score (nSPS) is 10.7. The van der Waals surface area contributed by atoms with Crippen LogP contribution in [0.25, 0.3) is 15.8 Å². The van der Waals surface area contributed by atoms with E-state index in [9.17, 15) is 0 Å². The summed E-state index contributed by atoms with van der Waals surface area (Å²) in [4.78, 5) is 5.39. The highest BCUT2D eigenvalue weighted by Crippen LogP contribution is 2.30. The van der Waals surface area contributed by atoms with Gasteiger partial charge in [-0.1, -0.05) is 34.1 Å². The predicted octanol–water partition coefficient (Wildman–Crippen LogP) is 4.36. The van der Waals surface area contributed by atoms with Crippen LogP contribution in [0.3, 0.4) is 0 Å². The molecule has 0 saturated heterocycles. The summed E-state index contributed by atoms with van der Waals surface area (Å²) in [6.45, 7) is 3.96. The van der Waals surface area contributed by atoms with Crippen molar-refractivity contribution >= 4 is 54.7 Å². The van der Waals surface area contributed by atoms with Crippen LogP contribution >= 0.6 is 38.9 Å². The van der Waals surface area contributed by atoms with Gasteiger partial charge in [0.05, 0.1) is 10.2 Å². The van der Waals surface area contributed by atoms with Crippen LogP contribution in [-0.4, -0.2) is 10.3 Å². The van der Waals surface area contributed by atoms with Gasteiger partial charge in [0.15, 0.2) is 0 Å². The van der Waals surface area contributed by atoms with Crippen molar-refractivity contribution in [1.82, 2.24) is 4.98 Å². The quantitative estimate of drug-likeness (QED) is 0.591. The van der Waals surface area contributed by atoms with Crippen molar-refractivity contribution in [1.29, 1.82) is 0 Å². The molecule has 0 atom stereocenters. The molecule has 2 heterocycles. The lowest BCUT2D eigenvalue weighted by Gasteiger charge is -1.92. The average molecular weight is 289 g/mol. The Kier molecular flexibility index (Phi) is 2.91. The van der Waals surface area contributed by atoms with Crippen molar-refractivity contribution in [2.75, 3.05) is 5.33 Å². The van der Waals surface area contributed by atoms with E-state index in [4.69, 9.17) is 11.6 Å². The van der Waals surface area contributed by atoms with Gasteiger partial charge in [-0.3, -0.25) is 0 Å². The smallest absolute Gasteiger partial charge is 0.129 e. The molecule has 2 rings (SSSR count). The molecule has 0 bridgehead atoms. The molecule has 2 aromatic rings. The van der Waals surface area contributed by atoms with Gasteiger partial charge in [-0.2, -0.15) is 0 Å². The molecule has 0 fully saturated rings. The van der Waals surface area contributed by atoms with E-state index < -0.39 is 0 Å². The first-order valence-corrected chi connectivity index (χ1v) is 6.32. The molecular weight excluding hydrogens is 282 g/mol. The second kappa shape index (κ2) is 4.01. The molecule has 0 aliphatic carbocycles. The molecular formula is C10H7BrClNS. The van der Waals surface area contributed by atoms with Crippen LogP contribution in [0.5, 0.6) is 0 Å². The highest BCUT2D eigenvalue weighted by atomic mass is 79.9. The number of hydrogen-bond acceptors (Lipinski definition) is 2. The molecule has 4 heteroatoms. The Labute approximate surface area is 99.5 Å². The Morgan fingerprint density at radius 1 is 1.57 bits per heavy atom. The van der Waals surface area contributed by atoms with Gasteiger partial charge in [-0.05, 0) is 23.8 Å². The number of fused-ring (bicyclic) bond motifs is 1. The summed E-state index contributed by atoms with van der Waals surface area (Å²) in [5.41, 5.74) is 2.02. The van der Waals surface area contributed by atoms with E-state index in [0.29, 0.717) is 5.15 Å². The van der Waals surface area contributed by atoms with E-state index in [0.717, 1.165) is 26.0 Å². The standard InChI is InChI=1S/C10H7BrClNS/c1-6(5-11)9-4-7-8(14-9)2-3-10(12)13-7/h2-4H,1,5H2. The van der Waals surface area contributed by atoms with Gasteiger partial charge in [-0.15, -0.1) is 11.3 Å². The minimum absolute atomic E-state index is 0.534. The summed E-state index contributed by atoms with van der Waals surface area (Å²) in [6.07, 6.45) is 0. The number of hydrogen-bond donors (Lipinski definition) is 0. The van der Waals surface area contributed by atoms with Crippen molar-refractivity contribution in [3.63, 3.8) is 0 Å². The van der Waals surface area contributed by atoms with Gasteiger partial charge in [0.2, 0.25) is 0 Å². The zero-order valence-corrected chi connectivity index (χ0v) is 10.4. The molecule has 0 spiro atoms. The van der Waals surface area contributed by atoms with Gasteiger partial charge in [0.1, 0.15) is 5.15 Å². The number of aromatic nitrogens is 1. The Morgan fingerprint density at radius 3 is 3.07 bits per heavy atom. The summed E-state index contributed by atoms with van der Waals surface area (Å²) >= 11 is 10.9. The highest BCUT2D eigenvalue weighted by Gasteiger charge is 2.05. The number of allylic oxidation sites excluding steroid dienone is 1. The maximum atomic E-state index is 5.80. The van der Waals surface area contributed by atoms with E-state index in [-0.39, 0.29) is 0 Å². The molecule has 0 aromatic carbocycles. The number of rotatable bonds is 2. The van der Waals surface area contributed by atoms with Crippen LogP contribution in [0, 0.1) is 0 Å². The van der Waals surface area contributed by atoms with Crippen molar-refractivity contribution < 1.29 is 0 Å². The molecule has 0 aliphatic heterocycles. The summed E-state index contributed by atoms with van der Waals surface area (Å²) < 4.78 is 1.14. The number of pyridine rings is 1. The Morgan fingerprint density at radius 2 is 2.36 bits per heavy atom. The molecule has 0 amide bonds. The van der Waals surface area contributed by atoms with E-state index in [1.54, 1.807) is 17.4 Å². The van der Waals surface area contributed by atoms with Crippen LogP contribution in [-0.2, 0) is 0 Å². The molecule has 0 saturated carbocycles. The zero-order valence-electron chi connectivity index (χ0n) is 7.26. The van der Waals surface area contributed by atoms with E-state index in [1.165, 1.54) is 0 Å². The Balaban J connectivity index is 2.56. The van der Waals surface area contributed by atoms with Crippen molar-refractivity contribution in [2.24, 2.45) is 0 Å². The summed E-state index contributed by atoms with van der Waals surface area (Å²) in [5.74, 6) is 0. The van der Waals surface area contributed by atoms with Crippen LogP contribution in [0.2, 0.25) is 5.15 Å². The van der Waals surface area contributed by atoms with Gasteiger partial charge >= 0.3 is 0 Å². The molecule has 1 nitrogen and oxygen atoms in total. The summed E-state index contributed by atoms with van der Waals surface area (Å²) in [5, 5.41) is 1.32. The first-order valence-electron chi connectivity index (χ1n) is 4.01. The highest BCUT2D eigenvalue weighted by molar-refractivity contribution is 9.09. The van der Waals surface area contributed by atoms with Crippen LogP contribution in [0.4, 0.5) is 0 Å². The number of halogens is 2. The van der Waals surface area contributed by atoms with Crippen LogP contribution in [0.1, 0.15) is 4.88 Å². The third-order valence-corrected chi connectivity index (χ3v) is 3.93. The molecule has 0 radical (unpaired) electrons. The van der Waals surface area contributed by atoms with Gasteiger partial charge in [0, 0.05) is 10.2 Å². The van der Waals surface area contributed by atoms with E-state index in [1.807, 2.05) is 12.1 Å². The summed E-state index contributed by atoms with van der Waals surface area (Å²) in [6, 6.07) is 5.82. The van der Waals surface area contributed by atoms with Gasteiger partial charge < -0.3 is 0 Å². The molecule has 0 unspecified atom stereocenters. The Bertz CT molecular complexity index is 492. The van der Waals surface area contributed by atoms with Crippen LogP contribution in [0.15, 0.2) is 24.8 Å². The Hall–Kier alpha value is -0.380. The fraction of sp³-hybridized carbons (Fsp3) is 0.100. The first-order chi connectivity index (χ1) is 6.70. The number of thiophene rings is 1. The monoisotopic (exact) mass is 287 g/mol. The third-order valence-electron chi connectivity index (χ3n) is 1.85. The lowest BCUT2D eigenvalue weighted by molar-refractivity contribution is 1.43. The summed E-state index contributed by atoms with van der Waals surface area (Å²) in [7, 11) is 0. The fourth-order valence-corrected chi connectivity index (χ4v) is 2.75. The van der Waals surface area contributed by atoms with E-state index >= 15 is 0 Å². The topological polar surface area (TPSA) is 12.9 Å². The molecule has 0 aliphatic rings. The zero-order chi connectivity index (χ0) is 10.1. The van der Waals surface area contributed by atoms with Gasteiger partial charge in [-0.25, -0.2) is 4.98 Å². The second-order valence-corrected chi connectivity index (χ2v) is 4.90. The van der Waals surface area contributed by atoms with Crippen molar-refractivity contribution in [3.8, 4) is 0 Å². The molecule has 0 N–H and O–H groups in total. The first kappa shape index (κ1) is 10.1. The van der Waals surface area contributed by atoms with Crippen molar-refractivity contribution in [3.05, 3.63) is 34.8 Å². The maximum Gasteiger partial charge on any atom is 0.129 e. The molecule has 2 aromatic heterocycles. The van der Waals surface area contributed by atoms with Crippen LogP contribution < -0.4 is 0 Å². The van der Waals surface area contributed by atoms with Gasteiger partial charge in [0.25, 0.3) is 0 Å². The van der Waals surface area contributed by atoms with Crippen molar-refractivity contribution in [2.45, 2.75) is 0 Å². The number of alkyl halides is 1. The third kappa shape index (κ3) is 1.85. The average Bonchev–Trinajstić information content (AvgIpc) is 2.59. The minimum Gasteiger partial charge on any atom is -0.235 e. The van der Waals surface area contributed by atoms with E-state index in [2.05, 4.69) is 27.5 Å². The second-order valence-electron chi connectivity index (χ2n) is 2.87. The number of nitrogens with zero attached hydrogens (tertiary/aromatic N) is 1. The fourth-order valence-electron chi connectivity index (χ4n) is 1.14. The molecule has 14 heavy (non-hydrogen) atoms.